The van der Waals surface area contributed by atoms with Crippen LogP contribution in [0.4, 0.5) is 0 Å². The molecule has 4 nitrogen and oxygen atoms in total. The van der Waals surface area contributed by atoms with E-state index < -0.39 is 5.54 Å². The fourth-order valence-corrected chi connectivity index (χ4v) is 3.13. The van der Waals surface area contributed by atoms with Crippen LogP contribution in [0.3, 0.4) is 0 Å². The van der Waals surface area contributed by atoms with Crippen molar-refractivity contribution in [3.05, 3.63) is 23.4 Å². The number of primary amides is 1. The number of hydrogen-bond donors (Lipinski definition) is 2. The minimum atomic E-state index is -0.602. The number of amides is 1. The van der Waals surface area contributed by atoms with Gasteiger partial charge >= 0.3 is 0 Å². The lowest BCUT2D eigenvalue weighted by atomic mass is 9.95. The number of nitrogens with two attached hydrogens (primary N) is 1. The highest BCUT2D eigenvalue weighted by atomic mass is 35.5. The lowest BCUT2D eigenvalue weighted by molar-refractivity contribution is -0.124. The predicted molar refractivity (Wildman–Crippen MR) is 83.0 cm³/mol. The van der Waals surface area contributed by atoms with Crippen LogP contribution in [0.5, 0.6) is 0 Å². The number of nitrogens with zero attached hydrogens (tertiary/aromatic N) is 1. The molecule has 2 rings (SSSR count). The van der Waals surface area contributed by atoms with Crippen molar-refractivity contribution in [3.63, 3.8) is 0 Å². The predicted octanol–water partition coefficient (Wildman–Crippen LogP) is 2.60. The van der Waals surface area contributed by atoms with E-state index in [1.807, 2.05) is 19.1 Å². The molecule has 110 valence electrons. The van der Waals surface area contributed by atoms with Crippen LogP contribution in [0.15, 0.2) is 23.4 Å². The Kier molecular flexibility index (Phi) is 5.29. The first-order valence-corrected chi connectivity index (χ1v) is 8.18. The van der Waals surface area contributed by atoms with Crippen LogP contribution in [0, 0.1) is 0 Å². The van der Waals surface area contributed by atoms with Crippen molar-refractivity contribution in [1.82, 2.24) is 10.3 Å². The van der Waals surface area contributed by atoms with E-state index >= 15 is 0 Å². The molecule has 1 aliphatic rings. The standard InChI is InChI=1S/C14H20ClN3OS/c1-14(13(16)19,18-10-5-6-10)7-3-9-20-12-11(15)4-2-8-17-12/h2,4,8,10,18H,3,5-7,9H2,1H3,(H2,16,19). The van der Waals surface area contributed by atoms with Crippen molar-refractivity contribution < 1.29 is 4.79 Å². The van der Waals surface area contributed by atoms with E-state index in [1.165, 1.54) is 0 Å². The first-order valence-electron chi connectivity index (χ1n) is 6.82. The summed E-state index contributed by atoms with van der Waals surface area (Å²) in [6, 6.07) is 4.11. The van der Waals surface area contributed by atoms with Crippen LogP contribution in [-0.4, -0.2) is 28.2 Å². The average Bonchev–Trinajstić information content (AvgIpc) is 3.20. The molecule has 1 atom stereocenters. The Hall–Kier alpha value is -0.780. The third-order valence-corrected chi connectivity index (χ3v) is 4.94. The van der Waals surface area contributed by atoms with E-state index in [4.69, 9.17) is 17.3 Å². The lowest BCUT2D eigenvalue weighted by Crippen LogP contribution is -2.54. The van der Waals surface area contributed by atoms with Gasteiger partial charge in [-0.1, -0.05) is 11.6 Å². The zero-order valence-corrected chi connectivity index (χ0v) is 13.1. The van der Waals surface area contributed by atoms with Gasteiger partial charge in [0.25, 0.3) is 0 Å². The van der Waals surface area contributed by atoms with E-state index in [1.54, 1.807) is 18.0 Å². The minimum Gasteiger partial charge on any atom is -0.368 e. The monoisotopic (exact) mass is 313 g/mol. The van der Waals surface area contributed by atoms with Crippen molar-refractivity contribution >= 4 is 29.3 Å². The van der Waals surface area contributed by atoms with Gasteiger partial charge in [0.05, 0.1) is 10.6 Å². The van der Waals surface area contributed by atoms with Crippen LogP contribution in [0.25, 0.3) is 0 Å². The molecule has 3 N–H and O–H groups in total. The fraction of sp³-hybridized carbons (Fsp3) is 0.571. The van der Waals surface area contributed by atoms with Gasteiger partial charge in [-0.05, 0) is 50.5 Å². The third kappa shape index (κ3) is 4.36. The van der Waals surface area contributed by atoms with Crippen molar-refractivity contribution in [2.75, 3.05) is 5.75 Å². The molecule has 1 amide bonds. The average molecular weight is 314 g/mol. The maximum Gasteiger partial charge on any atom is 0.237 e. The van der Waals surface area contributed by atoms with E-state index in [0.717, 1.165) is 36.5 Å². The highest BCUT2D eigenvalue weighted by Crippen LogP contribution is 2.28. The lowest BCUT2D eigenvalue weighted by Gasteiger charge is -2.27. The topological polar surface area (TPSA) is 68.0 Å². The molecule has 1 heterocycles. The number of pyridine rings is 1. The normalized spacial score (nSPS) is 17.7. The molecule has 1 fully saturated rings. The molecule has 1 aliphatic carbocycles. The highest BCUT2D eigenvalue weighted by Gasteiger charge is 2.36. The Bertz CT molecular complexity index is 481. The van der Waals surface area contributed by atoms with Crippen LogP contribution < -0.4 is 11.1 Å². The maximum absolute atomic E-state index is 11.6. The molecule has 1 unspecified atom stereocenters. The Morgan fingerprint density at radius 3 is 3.00 bits per heavy atom. The van der Waals surface area contributed by atoms with Crippen molar-refractivity contribution in [1.29, 1.82) is 0 Å². The van der Waals surface area contributed by atoms with Crippen molar-refractivity contribution in [2.45, 2.75) is 49.2 Å². The number of carbonyl (C=O) groups is 1. The van der Waals surface area contributed by atoms with Gasteiger partial charge in [-0.15, -0.1) is 11.8 Å². The number of halogens is 1. The number of nitrogens with one attached hydrogen (secondary N) is 1. The van der Waals surface area contributed by atoms with Crippen LogP contribution >= 0.6 is 23.4 Å². The largest absolute Gasteiger partial charge is 0.368 e. The molecule has 1 saturated carbocycles. The fourth-order valence-electron chi connectivity index (χ4n) is 2.02. The smallest absolute Gasteiger partial charge is 0.237 e. The Morgan fingerprint density at radius 2 is 2.40 bits per heavy atom. The van der Waals surface area contributed by atoms with Crippen LogP contribution in [0.1, 0.15) is 32.6 Å². The van der Waals surface area contributed by atoms with Gasteiger partial charge in [-0.25, -0.2) is 4.98 Å². The third-order valence-electron chi connectivity index (χ3n) is 3.43. The molecule has 1 aromatic rings. The quantitative estimate of drug-likeness (QED) is 0.572. The second-order valence-corrected chi connectivity index (χ2v) is 6.85. The first kappa shape index (κ1) is 15.6. The molecule has 0 saturated heterocycles. The van der Waals surface area contributed by atoms with Crippen molar-refractivity contribution in [3.8, 4) is 0 Å². The van der Waals surface area contributed by atoms with Crippen LogP contribution in [-0.2, 0) is 4.79 Å². The number of aromatic nitrogens is 1. The van der Waals surface area contributed by atoms with E-state index in [2.05, 4.69) is 10.3 Å². The number of rotatable bonds is 8. The van der Waals surface area contributed by atoms with E-state index in [-0.39, 0.29) is 5.91 Å². The molecular formula is C14H20ClN3OS. The molecule has 20 heavy (non-hydrogen) atoms. The van der Waals surface area contributed by atoms with Gasteiger partial charge in [0.2, 0.25) is 5.91 Å². The summed E-state index contributed by atoms with van der Waals surface area (Å²) in [5, 5.41) is 4.86. The Labute approximate surface area is 128 Å². The summed E-state index contributed by atoms with van der Waals surface area (Å²) in [6.07, 6.45) is 5.63. The van der Waals surface area contributed by atoms with Gasteiger partial charge < -0.3 is 11.1 Å². The molecule has 0 aromatic carbocycles. The highest BCUT2D eigenvalue weighted by molar-refractivity contribution is 7.99. The van der Waals surface area contributed by atoms with Gasteiger partial charge in [-0.2, -0.15) is 0 Å². The summed E-state index contributed by atoms with van der Waals surface area (Å²) in [4.78, 5) is 15.9. The summed E-state index contributed by atoms with van der Waals surface area (Å²) in [5.41, 5.74) is 4.92. The molecular weight excluding hydrogens is 294 g/mol. The zero-order chi connectivity index (χ0) is 14.6. The zero-order valence-electron chi connectivity index (χ0n) is 11.6. The Balaban J connectivity index is 1.78. The number of thioether (sulfide) groups is 1. The molecule has 0 aliphatic heterocycles. The summed E-state index contributed by atoms with van der Waals surface area (Å²) < 4.78 is 0. The molecule has 6 heteroatoms. The van der Waals surface area contributed by atoms with Crippen LogP contribution in [0.2, 0.25) is 5.02 Å². The summed E-state index contributed by atoms with van der Waals surface area (Å²) in [6.45, 7) is 1.89. The first-order chi connectivity index (χ1) is 9.51. The maximum atomic E-state index is 11.6. The molecule has 0 radical (unpaired) electrons. The number of carbonyl (C=O) groups excluding carboxylic acids is 1. The SMILES string of the molecule is CC(CCCSc1ncccc1Cl)(NC1CC1)C(N)=O. The van der Waals surface area contributed by atoms with Gasteiger partial charge in [0, 0.05) is 12.2 Å². The summed E-state index contributed by atoms with van der Waals surface area (Å²) in [5.74, 6) is 0.594. The molecule has 0 bridgehead atoms. The van der Waals surface area contributed by atoms with Gasteiger partial charge in [0.1, 0.15) is 5.03 Å². The van der Waals surface area contributed by atoms with E-state index in [9.17, 15) is 4.79 Å². The van der Waals surface area contributed by atoms with Gasteiger partial charge in [-0.3, -0.25) is 4.79 Å². The molecule has 1 aromatic heterocycles. The number of hydrogen-bond acceptors (Lipinski definition) is 4. The second-order valence-electron chi connectivity index (χ2n) is 5.36. The van der Waals surface area contributed by atoms with Crippen molar-refractivity contribution in [2.24, 2.45) is 5.73 Å². The summed E-state index contributed by atoms with van der Waals surface area (Å²) >= 11 is 7.66. The van der Waals surface area contributed by atoms with E-state index in [0.29, 0.717) is 11.1 Å². The molecule has 0 spiro atoms. The minimum absolute atomic E-state index is 0.273. The summed E-state index contributed by atoms with van der Waals surface area (Å²) in [7, 11) is 0. The second kappa shape index (κ2) is 6.78. The van der Waals surface area contributed by atoms with Gasteiger partial charge in [0.15, 0.2) is 0 Å². The Morgan fingerprint density at radius 1 is 1.65 bits per heavy atom.